The summed E-state index contributed by atoms with van der Waals surface area (Å²) in [4.78, 5) is 29.7. The number of nitrogens with one attached hydrogen (secondary N) is 4. The number of morpholine rings is 2. The van der Waals surface area contributed by atoms with E-state index in [9.17, 15) is 0 Å². The highest BCUT2D eigenvalue weighted by atomic mass is 16.5. The lowest BCUT2D eigenvalue weighted by Crippen LogP contribution is -2.42. The van der Waals surface area contributed by atoms with Gasteiger partial charge in [-0.1, -0.05) is 0 Å². The van der Waals surface area contributed by atoms with Crippen molar-refractivity contribution >= 4 is 45.3 Å². The Bertz CT molecular complexity index is 2180. The van der Waals surface area contributed by atoms with E-state index in [0.717, 1.165) is 123 Å². The van der Waals surface area contributed by atoms with E-state index in [2.05, 4.69) is 73.5 Å². The van der Waals surface area contributed by atoms with E-state index in [4.69, 9.17) is 29.1 Å². The Balaban J connectivity index is 0.000000154. The molecule has 320 valence electrons. The first-order valence-corrected chi connectivity index (χ1v) is 21.7. The summed E-state index contributed by atoms with van der Waals surface area (Å²) in [5, 5.41) is 17.8. The third-order valence-corrected chi connectivity index (χ3v) is 12.5. The zero-order valence-electron chi connectivity index (χ0n) is 35.2. The van der Waals surface area contributed by atoms with Crippen molar-refractivity contribution in [3.8, 4) is 11.8 Å². The molecule has 2 saturated heterocycles. The van der Waals surface area contributed by atoms with Gasteiger partial charge in [0.25, 0.3) is 0 Å². The summed E-state index contributed by atoms with van der Waals surface area (Å²) in [6.07, 6.45) is 14.5. The van der Waals surface area contributed by atoms with Crippen LogP contribution in [0, 0.1) is 13.8 Å². The number of aromatic amines is 2. The number of aromatic nitrogens is 10. The third-order valence-electron chi connectivity index (χ3n) is 12.5. The van der Waals surface area contributed by atoms with Gasteiger partial charge in [0.2, 0.25) is 23.7 Å². The number of anilines is 4. The summed E-state index contributed by atoms with van der Waals surface area (Å²) >= 11 is 0. The largest absolute Gasteiger partial charge is 0.477 e. The molecule has 0 amide bonds. The number of rotatable bonds is 12. The summed E-state index contributed by atoms with van der Waals surface area (Å²) < 4.78 is 26.7. The standard InChI is InChI=1S/2C21H29N7O2/c2*1-3-30-20-17-6-7-22-19(17)25-21(26-20)24-18-13-23-28(14(18)2)16-5-4-15(12-16)27-8-10-29-11-9-27/h2*6-7,13,15-16H,3-5,8-12H2,1-2H3,(H2,22,24,25,26). The molecule has 4 N–H and O–H groups in total. The molecular formula is C42H58N14O4. The van der Waals surface area contributed by atoms with Crippen molar-refractivity contribution < 1.29 is 18.9 Å². The van der Waals surface area contributed by atoms with Crippen molar-refractivity contribution in [2.24, 2.45) is 0 Å². The number of nitrogens with zero attached hydrogens (tertiary/aromatic N) is 10. The second-order valence-electron chi connectivity index (χ2n) is 16.0. The van der Waals surface area contributed by atoms with Gasteiger partial charge in [0, 0.05) is 50.7 Å². The first kappa shape index (κ1) is 40.1. The molecule has 0 aromatic carbocycles. The summed E-state index contributed by atoms with van der Waals surface area (Å²) in [5.41, 5.74) is 5.58. The molecule has 2 aliphatic heterocycles. The van der Waals surface area contributed by atoms with Gasteiger partial charge in [0.1, 0.15) is 11.3 Å². The minimum absolute atomic E-state index is 0.430. The minimum atomic E-state index is 0.430. The van der Waals surface area contributed by atoms with E-state index < -0.39 is 0 Å². The number of H-pyrrole nitrogens is 2. The van der Waals surface area contributed by atoms with E-state index in [0.29, 0.717) is 61.0 Å². The molecule has 4 unspecified atom stereocenters. The average molecular weight is 823 g/mol. The highest BCUT2D eigenvalue weighted by Crippen LogP contribution is 2.37. The smallest absolute Gasteiger partial charge is 0.232 e. The Kier molecular flexibility index (Phi) is 12.1. The molecule has 8 heterocycles. The lowest BCUT2D eigenvalue weighted by atomic mass is 10.2. The van der Waals surface area contributed by atoms with Gasteiger partial charge in [-0.2, -0.15) is 30.1 Å². The van der Waals surface area contributed by atoms with Crippen LogP contribution in [-0.4, -0.2) is 137 Å². The second kappa shape index (κ2) is 18.1. The first-order valence-electron chi connectivity index (χ1n) is 21.7. The molecule has 2 aliphatic carbocycles. The van der Waals surface area contributed by atoms with Crippen molar-refractivity contribution in [2.75, 3.05) is 76.5 Å². The van der Waals surface area contributed by atoms with Gasteiger partial charge in [-0.05, 0) is 78.4 Å². The Morgan fingerprint density at radius 1 is 0.617 bits per heavy atom. The summed E-state index contributed by atoms with van der Waals surface area (Å²) in [6, 6.07) is 5.98. The van der Waals surface area contributed by atoms with Crippen LogP contribution in [0.2, 0.25) is 0 Å². The second-order valence-corrected chi connectivity index (χ2v) is 16.0. The number of hydrogen-bond acceptors (Lipinski definition) is 14. The zero-order chi connectivity index (χ0) is 41.0. The number of ether oxygens (including phenoxy) is 4. The van der Waals surface area contributed by atoms with Gasteiger partial charge in [-0.15, -0.1) is 0 Å². The fraction of sp³-hybridized carbons (Fsp3) is 0.571. The highest BCUT2D eigenvalue weighted by Gasteiger charge is 2.34. The maximum atomic E-state index is 5.70. The van der Waals surface area contributed by atoms with Crippen LogP contribution in [0.15, 0.2) is 36.9 Å². The van der Waals surface area contributed by atoms with Crippen molar-refractivity contribution in [3.05, 3.63) is 48.3 Å². The topological polar surface area (TPSA) is 186 Å². The van der Waals surface area contributed by atoms with Crippen molar-refractivity contribution in [3.63, 3.8) is 0 Å². The van der Waals surface area contributed by atoms with E-state index in [1.807, 2.05) is 50.8 Å². The van der Waals surface area contributed by atoms with Gasteiger partial charge in [-0.25, -0.2) is 0 Å². The molecule has 4 atom stereocenters. The Hall–Kier alpha value is -5.30. The molecule has 18 nitrogen and oxygen atoms in total. The third kappa shape index (κ3) is 8.50. The molecular weight excluding hydrogens is 765 g/mol. The number of fused-ring (bicyclic) bond motifs is 2. The minimum Gasteiger partial charge on any atom is -0.477 e. The van der Waals surface area contributed by atoms with E-state index in [1.165, 1.54) is 12.8 Å². The van der Waals surface area contributed by atoms with Crippen LogP contribution >= 0.6 is 0 Å². The summed E-state index contributed by atoms with van der Waals surface area (Å²) in [6.45, 7) is 16.8. The molecule has 0 spiro atoms. The van der Waals surface area contributed by atoms with Crippen molar-refractivity contribution in [1.29, 1.82) is 0 Å². The Morgan fingerprint density at radius 3 is 1.45 bits per heavy atom. The quantitative estimate of drug-likeness (QED) is 0.112. The summed E-state index contributed by atoms with van der Waals surface area (Å²) in [5.74, 6) is 2.18. The van der Waals surface area contributed by atoms with Crippen LogP contribution in [0.25, 0.3) is 22.1 Å². The molecule has 6 aromatic heterocycles. The molecule has 6 aromatic rings. The normalized spacial score (nSPS) is 22.6. The Morgan fingerprint density at radius 2 is 1.03 bits per heavy atom. The fourth-order valence-electron chi connectivity index (χ4n) is 9.36. The predicted molar refractivity (Wildman–Crippen MR) is 229 cm³/mol. The van der Waals surface area contributed by atoms with Gasteiger partial charge < -0.3 is 39.5 Å². The lowest BCUT2D eigenvalue weighted by Gasteiger charge is -2.32. The molecule has 4 fully saturated rings. The monoisotopic (exact) mass is 822 g/mol. The molecule has 0 radical (unpaired) electrons. The van der Waals surface area contributed by atoms with E-state index in [-0.39, 0.29) is 0 Å². The van der Waals surface area contributed by atoms with Crippen LogP contribution in [0.4, 0.5) is 23.3 Å². The highest BCUT2D eigenvalue weighted by molar-refractivity contribution is 5.83. The van der Waals surface area contributed by atoms with Crippen molar-refractivity contribution in [1.82, 2.24) is 59.3 Å². The van der Waals surface area contributed by atoms with Crippen molar-refractivity contribution in [2.45, 2.75) is 90.4 Å². The van der Waals surface area contributed by atoms with Gasteiger partial charge in [-0.3, -0.25) is 19.2 Å². The van der Waals surface area contributed by atoms with Crippen LogP contribution in [0.5, 0.6) is 11.8 Å². The lowest BCUT2D eigenvalue weighted by molar-refractivity contribution is 0.0172. The van der Waals surface area contributed by atoms with Crippen LogP contribution in [0.1, 0.15) is 75.8 Å². The molecule has 10 rings (SSSR count). The SMILES string of the molecule is CCOc1nc(Nc2cnn(C3CCC(N4CCOCC4)C3)c2C)nc2[nH]ccc12.CCOc1nc(Nc2cnn(C3CCC(N4CCOCC4)C3)c2C)nc2[nH]ccc12. The molecule has 4 aliphatic rings. The fourth-order valence-corrected chi connectivity index (χ4v) is 9.36. The van der Waals surface area contributed by atoms with Crippen LogP contribution < -0.4 is 20.1 Å². The van der Waals surface area contributed by atoms with Gasteiger partial charge in [0.15, 0.2) is 0 Å². The number of hydrogen-bond donors (Lipinski definition) is 4. The summed E-state index contributed by atoms with van der Waals surface area (Å²) in [7, 11) is 0. The van der Waals surface area contributed by atoms with Crippen LogP contribution in [0.3, 0.4) is 0 Å². The molecule has 18 heteroatoms. The molecule has 0 bridgehead atoms. The first-order chi connectivity index (χ1) is 29.4. The Labute approximate surface area is 349 Å². The van der Waals surface area contributed by atoms with Gasteiger partial charge >= 0.3 is 0 Å². The predicted octanol–water partition coefficient (Wildman–Crippen LogP) is 6.06. The van der Waals surface area contributed by atoms with E-state index in [1.54, 1.807) is 0 Å². The molecule has 60 heavy (non-hydrogen) atoms. The molecule has 2 saturated carbocycles. The average Bonchev–Trinajstić information content (AvgIpc) is 4.14. The van der Waals surface area contributed by atoms with E-state index >= 15 is 0 Å². The maximum absolute atomic E-state index is 5.70. The zero-order valence-corrected chi connectivity index (χ0v) is 35.2. The van der Waals surface area contributed by atoms with Crippen LogP contribution in [-0.2, 0) is 9.47 Å². The van der Waals surface area contributed by atoms with Gasteiger partial charge in [0.05, 0.1) is 97.7 Å². The maximum Gasteiger partial charge on any atom is 0.232 e.